The molecule has 0 unspecified atom stereocenters. The monoisotopic (exact) mass is 252 g/mol. The number of hydrogen-bond donors (Lipinski definition) is 1. The first-order valence-corrected chi connectivity index (χ1v) is 5.64. The summed E-state index contributed by atoms with van der Waals surface area (Å²) in [4.78, 5) is 26.8. The van der Waals surface area contributed by atoms with Gasteiger partial charge in [0.1, 0.15) is 0 Å². The maximum absolute atomic E-state index is 12.2. The Morgan fingerprint density at radius 2 is 1.88 bits per heavy atom. The predicted octanol–water partition coefficient (Wildman–Crippen LogP) is 2.10. The third-order valence-corrected chi connectivity index (χ3v) is 2.87. The molecular weight excluding hydrogens is 240 g/mol. The Labute approximate surface area is 103 Å². The fraction of sp³-hybridized carbons (Fsp3) is 0.333. The molecule has 5 heteroatoms. The molecule has 0 radical (unpaired) electrons. The van der Waals surface area contributed by atoms with Crippen molar-refractivity contribution in [1.29, 1.82) is 0 Å². The lowest BCUT2D eigenvalue weighted by atomic mass is 10.1. The van der Waals surface area contributed by atoms with Crippen LogP contribution in [0.1, 0.15) is 20.8 Å². The molecule has 0 aliphatic carbocycles. The SMILES string of the molecule is CC(C)(C)n1c(=O)[nH]c2c(Cl)cccc2c1=O. The minimum absolute atomic E-state index is 0.321. The highest BCUT2D eigenvalue weighted by Crippen LogP contribution is 2.18. The summed E-state index contributed by atoms with van der Waals surface area (Å²) in [6.07, 6.45) is 0. The van der Waals surface area contributed by atoms with Crippen molar-refractivity contribution in [1.82, 2.24) is 9.55 Å². The Hall–Kier alpha value is -1.55. The minimum Gasteiger partial charge on any atom is -0.305 e. The highest BCUT2D eigenvalue weighted by atomic mass is 35.5. The summed E-state index contributed by atoms with van der Waals surface area (Å²) in [5.74, 6) is 0. The van der Waals surface area contributed by atoms with E-state index in [9.17, 15) is 9.59 Å². The second-order valence-electron chi connectivity index (χ2n) is 4.90. The summed E-state index contributed by atoms with van der Waals surface area (Å²) in [6, 6.07) is 4.99. The van der Waals surface area contributed by atoms with Crippen LogP contribution in [0.25, 0.3) is 10.9 Å². The number of aromatic nitrogens is 2. The quantitative estimate of drug-likeness (QED) is 0.781. The van der Waals surface area contributed by atoms with E-state index in [1.54, 1.807) is 39.0 Å². The van der Waals surface area contributed by atoms with E-state index in [2.05, 4.69) is 4.98 Å². The highest BCUT2D eigenvalue weighted by molar-refractivity contribution is 6.34. The number of nitrogens with one attached hydrogen (secondary N) is 1. The molecule has 4 nitrogen and oxygen atoms in total. The Morgan fingerprint density at radius 3 is 2.47 bits per heavy atom. The van der Waals surface area contributed by atoms with Crippen molar-refractivity contribution >= 4 is 22.5 Å². The van der Waals surface area contributed by atoms with Gasteiger partial charge in [-0.15, -0.1) is 0 Å². The number of H-pyrrole nitrogens is 1. The van der Waals surface area contributed by atoms with E-state index < -0.39 is 11.2 Å². The Bertz CT molecular complexity index is 692. The summed E-state index contributed by atoms with van der Waals surface area (Å²) in [7, 11) is 0. The molecule has 17 heavy (non-hydrogen) atoms. The first-order chi connectivity index (χ1) is 7.82. The maximum atomic E-state index is 12.2. The number of hydrogen-bond acceptors (Lipinski definition) is 2. The van der Waals surface area contributed by atoms with Crippen molar-refractivity contribution < 1.29 is 0 Å². The predicted molar refractivity (Wildman–Crippen MR) is 68.8 cm³/mol. The summed E-state index contributed by atoms with van der Waals surface area (Å²) in [6.45, 7) is 5.42. The number of benzene rings is 1. The zero-order valence-corrected chi connectivity index (χ0v) is 10.6. The van der Waals surface area contributed by atoms with Crippen molar-refractivity contribution in [2.24, 2.45) is 0 Å². The van der Waals surface area contributed by atoms with Gasteiger partial charge in [-0.05, 0) is 32.9 Å². The van der Waals surface area contributed by atoms with Gasteiger partial charge in [0.25, 0.3) is 5.56 Å². The van der Waals surface area contributed by atoms with Gasteiger partial charge < -0.3 is 4.98 Å². The van der Waals surface area contributed by atoms with Crippen LogP contribution >= 0.6 is 11.6 Å². The van der Waals surface area contributed by atoms with E-state index in [1.807, 2.05) is 0 Å². The fourth-order valence-corrected chi connectivity index (χ4v) is 2.04. The van der Waals surface area contributed by atoms with Crippen molar-refractivity contribution in [3.05, 3.63) is 44.1 Å². The zero-order chi connectivity index (χ0) is 12.8. The lowest BCUT2D eigenvalue weighted by Gasteiger charge is -2.21. The molecule has 2 aromatic rings. The number of fused-ring (bicyclic) bond motifs is 1. The molecule has 0 bridgehead atoms. The van der Waals surface area contributed by atoms with Crippen LogP contribution in [0, 0.1) is 0 Å². The summed E-state index contributed by atoms with van der Waals surface area (Å²) in [5, 5.41) is 0.796. The highest BCUT2D eigenvalue weighted by Gasteiger charge is 2.20. The Kier molecular flexibility index (Phi) is 2.62. The number of para-hydroxylation sites is 1. The molecule has 0 aliphatic heterocycles. The van der Waals surface area contributed by atoms with Gasteiger partial charge in [0.05, 0.1) is 15.9 Å². The van der Waals surface area contributed by atoms with Crippen LogP contribution in [-0.4, -0.2) is 9.55 Å². The van der Waals surface area contributed by atoms with E-state index in [1.165, 1.54) is 4.57 Å². The Balaban J connectivity index is 3.02. The van der Waals surface area contributed by atoms with Crippen molar-refractivity contribution in [3.8, 4) is 0 Å². The molecule has 0 fully saturated rings. The van der Waals surface area contributed by atoms with Gasteiger partial charge in [0.2, 0.25) is 0 Å². The van der Waals surface area contributed by atoms with Crippen LogP contribution < -0.4 is 11.2 Å². The molecule has 2 rings (SSSR count). The summed E-state index contributed by atoms with van der Waals surface area (Å²) < 4.78 is 1.20. The summed E-state index contributed by atoms with van der Waals surface area (Å²) >= 11 is 5.95. The average molecular weight is 253 g/mol. The van der Waals surface area contributed by atoms with Crippen LogP contribution in [0.2, 0.25) is 5.02 Å². The van der Waals surface area contributed by atoms with Crippen LogP contribution in [0.15, 0.2) is 27.8 Å². The third kappa shape index (κ3) is 1.89. The molecular formula is C12H13ClN2O2. The van der Waals surface area contributed by atoms with Gasteiger partial charge in [-0.25, -0.2) is 4.79 Å². The van der Waals surface area contributed by atoms with Gasteiger partial charge in [0, 0.05) is 5.54 Å². The number of nitrogens with zero attached hydrogens (tertiary/aromatic N) is 1. The van der Waals surface area contributed by atoms with Gasteiger partial charge in [-0.3, -0.25) is 9.36 Å². The van der Waals surface area contributed by atoms with Crippen LogP contribution in [-0.2, 0) is 5.54 Å². The number of halogens is 1. The molecule has 0 saturated carbocycles. The molecule has 1 aromatic heterocycles. The second-order valence-corrected chi connectivity index (χ2v) is 5.31. The number of aromatic amines is 1. The molecule has 1 heterocycles. The maximum Gasteiger partial charge on any atom is 0.329 e. The summed E-state index contributed by atoms with van der Waals surface area (Å²) in [5.41, 5.74) is -0.937. The molecule has 1 aromatic carbocycles. The van der Waals surface area contributed by atoms with Crippen molar-refractivity contribution in [2.45, 2.75) is 26.3 Å². The van der Waals surface area contributed by atoms with E-state index in [4.69, 9.17) is 11.6 Å². The van der Waals surface area contributed by atoms with Gasteiger partial charge in [0.15, 0.2) is 0 Å². The molecule has 0 spiro atoms. The lowest BCUT2D eigenvalue weighted by molar-refractivity contribution is 0.369. The topological polar surface area (TPSA) is 54.9 Å². The largest absolute Gasteiger partial charge is 0.329 e. The van der Waals surface area contributed by atoms with Crippen molar-refractivity contribution in [3.63, 3.8) is 0 Å². The zero-order valence-electron chi connectivity index (χ0n) is 9.87. The lowest BCUT2D eigenvalue weighted by Crippen LogP contribution is -2.44. The van der Waals surface area contributed by atoms with Crippen LogP contribution in [0.5, 0.6) is 0 Å². The molecule has 0 aliphatic rings. The van der Waals surface area contributed by atoms with Gasteiger partial charge in [-0.2, -0.15) is 0 Å². The van der Waals surface area contributed by atoms with Crippen LogP contribution in [0.3, 0.4) is 0 Å². The van der Waals surface area contributed by atoms with Crippen molar-refractivity contribution in [2.75, 3.05) is 0 Å². The smallest absolute Gasteiger partial charge is 0.305 e. The molecule has 0 amide bonds. The molecule has 1 N–H and O–H groups in total. The first kappa shape index (κ1) is 11.9. The standard InChI is InChI=1S/C12H13ClN2O2/c1-12(2,3)15-10(16)7-5-4-6-8(13)9(7)14-11(15)17/h4-6H,1-3H3,(H,14,17). The van der Waals surface area contributed by atoms with E-state index >= 15 is 0 Å². The fourth-order valence-electron chi connectivity index (χ4n) is 1.81. The minimum atomic E-state index is -0.568. The molecule has 0 atom stereocenters. The Morgan fingerprint density at radius 1 is 1.24 bits per heavy atom. The molecule has 0 saturated heterocycles. The van der Waals surface area contributed by atoms with E-state index in [0.29, 0.717) is 15.9 Å². The third-order valence-electron chi connectivity index (χ3n) is 2.55. The van der Waals surface area contributed by atoms with Gasteiger partial charge >= 0.3 is 5.69 Å². The van der Waals surface area contributed by atoms with Gasteiger partial charge in [-0.1, -0.05) is 17.7 Å². The van der Waals surface area contributed by atoms with Crippen LogP contribution in [0.4, 0.5) is 0 Å². The molecule has 90 valence electrons. The van der Waals surface area contributed by atoms with E-state index in [-0.39, 0.29) is 5.56 Å². The normalized spacial score (nSPS) is 12.0. The van der Waals surface area contributed by atoms with E-state index in [0.717, 1.165) is 0 Å². The first-order valence-electron chi connectivity index (χ1n) is 5.26. The second kappa shape index (κ2) is 3.74. The average Bonchev–Trinajstić information content (AvgIpc) is 2.17. The number of rotatable bonds is 0.